The Hall–Kier alpha value is -3.17. The molecule has 1 N–H and O–H groups in total. The van der Waals surface area contributed by atoms with E-state index >= 15 is 0 Å². The zero-order chi connectivity index (χ0) is 23.2. The number of anilines is 2. The van der Waals surface area contributed by atoms with Crippen molar-refractivity contribution in [3.05, 3.63) is 60.3 Å². The number of ether oxygens (including phenoxy) is 1. The van der Waals surface area contributed by atoms with Crippen LogP contribution in [-0.4, -0.2) is 51.2 Å². The van der Waals surface area contributed by atoms with Gasteiger partial charge in [0.25, 0.3) is 10.0 Å². The van der Waals surface area contributed by atoms with Gasteiger partial charge in [0.2, 0.25) is 5.91 Å². The molecule has 1 aromatic heterocycles. The van der Waals surface area contributed by atoms with Gasteiger partial charge in [0.1, 0.15) is 12.4 Å². The van der Waals surface area contributed by atoms with Crippen molar-refractivity contribution >= 4 is 38.2 Å². The van der Waals surface area contributed by atoms with Gasteiger partial charge < -0.3 is 15.0 Å². The third-order valence-corrected chi connectivity index (χ3v) is 7.81. The van der Waals surface area contributed by atoms with Gasteiger partial charge in [-0.2, -0.15) is 0 Å². The number of morpholine rings is 1. The van der Waals surface area contributed by atoms with Crippen LogP contribution >= 0.6 is 0 Å². The Morgan fingerprint density at radius 2 is 1.82 bits per heavy atom. The molecule has 2 atom stereocenters. The van der Waals surface area contributed by atoms with E-state index in [1.54, 1.807) is 30.5 Å². The van der Waals surface area contributed by atoms with Gasteiger partial charge in [0, 0.05) is 31.2 Å². The van der Waals surface area contributed by atoms with Crippen molar-refractivity contribution in [1.82, 2.24) is 10.3 Å². The van der Waals surface area contributed by atoms with Crippen LogP contribution in [0.4, 0.5) is 11.5 Å². The summed E-state index contributed by atoms with van der Waals surface area (Å²) in [5.74, 6) is 0.504. The molecule has 33 heavy (non-hydrogen) atoms. The molecule has 2 unspecified atom stereocenters. The molecule has 2 aliphatic heterocycles. The minimum absolute atomic E-state index is 0.147. The molecule has 2 aliphatic rings. The van der Waals surface area contributed by atoms with Crippen LogP contribution in [0.25, 0.3) is 10.8 Å². The summed E-state index contributed by atoms with van der Waals surface area (Å²) in [6.45, 7) is 5.66. The van der Waals surface area contributed by atoms with E-state index in [2.05, 4.69) is 15.2 Å². The summed E-state index contributed by atoms with van der Waals surface area (Å²) in [6.07, 6.45) is 2.03. The van der Waals surface area contributed by atoms with Crippen molar-refractivity contribution < 1.29 is 17.9 Å². The fourth-order valence-electron chi connectivity index (χ4n) is 4.59. The van der Waals surface area contributed by atoms with Crippen LogP contribution < -0.4 is 14.5 Å². The summed E-state index contributed by atoms with van der Waals surface area (Å²) >= 11 is 0. The lowest BCUT2D eigenvalue weighted by Crippen LogP contribution is -2.45. The first kappa shape index (κ1) is 21.7. The molecule has 3 heterocycles. The average Bonchev–Trinajstić information content (AvgIpc) is 3.01. The van der Waals surface area contributed by atoms with Crippen LogP contribution in [-0.2, 0) is 26.1 Å². The molecule has 5 rings (SSSR count). The van der Waals surface area contributed by atoms with Crippen LogP contribution in [0.3, 0.4) is 0 Å². The Kier molecular flexibility index (Phi) is 5.46. The molecular weight excluding hydrogens is 440 g/mol. The second-order valence-electron chi connectivity index (χ2n) is 8.61. The van der Waals surface area contributed by atoms with Crippen LogP contribution in [0.5, 0.6) is 0 Å². The Labute approximate surface area is 193 Å². The highest BCUT2D eigenvalue weighted by Crippen LogP contribution is 2.41. The van der Waals surface area contributed by atoms with Crippen molar-refractivity contribution in [3.63, 3.8) is 0 Å². The normalized spacial score (nSPS) is 21.4. The Morgan fingerprint density at radius 3 is 2.52 bits per heavy atom. The monoisotopic (exact) mass is 466 g/mol. The zero-order valence-electron chi connectivity index (χ0n) is 18.6. The summed E-state index contributed by atoms with van der Waals surface area (Å²) in [4.78, 5) is 19.6. The Bertz CT molecular complexity index is 1290. The number of hydrogen-bond donors (Lipinski definition) is 1. The molecule has 0 saturated carbocycles. The average molecular weight is 467 g/mol. The number of carbonyl (C=O) groups is 1. The summed E-state index contributed by atoms with van der Waals surface area (Å²) in [6, 6.07) is 14.5. The first-order valence-corrected chi connectivity index (χ1v) is 12.4. The lowest BCUT2D eigenvalue weighted by molar-refractivity contribution is -0.119. The van der Waals surface area contributed by atoms with Crippen LogP contribution in [0, 0.1) is 0 Å². The molecule has 1 saturated heterocycles. The number of rotatable bonds is 5. The second kappa shape index (κ2) is 8.31. The number of nitrogens with one attached hydrogen (secondary N) is 1. The van der Waals surface area contributed by atoms with E-state index in [9.17, 15) is 13.2 Å². The highest BCUT2D eigenvalue weighted by molar-refractivity contribution is 7.93. The first-order valence-electron chi connectivity index (χ1n) is 11.0. The van der Waals surface area contributed by atoms with E-state index in [4.69, 9.17) is 4.74 Å². The number of carbonyl (C=O) groups excluding carboxylic acids is 1. The Morgan fingerprint density at radius 1 is 1.09 bits per heavy atom. The van der Waals surface area contributed by atoms with E-state index in [1.807, 2.05) is 38.1 Å². The minimum atomic E-state index is -3.76. The zero-order valence-corrected chi connectivity index (χ0v) is 19.4. The lowest BCUT2D eigenvalue weighted by atomic mass is 10.1. The maximum atomic E-state index is 13.0. The maximum Gasteiger partial charge on any atom is 0.265 e. The Balaban J connectivity index is 1.24. The third kappa shape index (κ3) is 4.02. The standard InChI is InChI=1S/C24H26N4O4S/c1-16-13-27(14-17(2)32-16)22-10-9-18(11-25-22)12-26-23(29)15-28-20-7-3-5-19-6-4-8-21(24(19)20)33(28,30)31/h3-11,16-17H,12-15H2,1-2H3,(H,26,29). The number of nitrogens with zero attached hydrogens (tertiary/aromatic N) is 3. The van der Waals surface area contributed by atoms with Crippen molar-refractivity contribution in [2.24, 2.45) is 0 Å². The lowest BCUT2D eigenvalue weighted by Gasteiger charge is -2.36. The fourth-order valence-corrected chi connectivity index (χ4v) is 6.26. The van der Waals surface area contributed by atoms with Crippen LogP contribution in [0.2, 0.25) is 0 Å². The van der Waals surface area contributed by atoms with E-state index in [1.165, 1.54) is 4.31 Å². The van der Waals surface area contributed by atoms with Gasteiger partial charge in [0.05, 0.1) is 22.8 Å². The second-order valence-corrected chi connectivity index (χ2v) is 10.4. The van der Waals surface area contributed by atoms with E-state index in [0.717, 1.165) is 29.9 Å². The minimum Gasteiger partial charge on any atom is -0.372 e. The third-order valence-electron chi connectivity index (χ3n) is 6.01. The SMILES string of the molecule is CC1CN(c2ccc(CNC(=O)CN3c4cccc5cccc(c45)S3(=O)=O)cn2)CC(C)O1. The van der Waals surface area contributed by atoms with E-state index in [-0.39, 0.29) is 36.1 Å². The van der Waals surface area contributed by atoms with Gasteiger partial charge in [-0.05, 0) is 43.0 Å². The molecule has 0 radical (unpaired) electrons. The molecule has 2 aromatic carbocycles. The summed E-state index contributed by atoms with van der Waals surface area (Å²) < 4.78 is 33.0. The molecular formula is C24H26N4O4S. The van der Waals surface area contributed by atoms with Gasteiger partial charge in [0.15, 0.2) is 0 Å². The van der Waals surface area contributed by atoms with Crippen LogP contribution in [0.1, 0.15) is 19.4 Å². The molecule has 0 spiro atoms. The van der Waals surface area contributed by atoms with Gasteiger partial charge in [-0.3, -0.25) is 9.10 Å². The molecule has 0 aliphatic carbocycles. The molecule has 1 amide bonds. The molecule has 0 bridgehead atoms. The van der Waals surface area contributed by atoms with Crippen molar-refractivity contribution in [3.8, 4) is 0 Å². The molecule has 8 nitrogen and oxygen atoms in total. The highest BCUT2D eigenvalue weighted by Gasteiger charge is 2.36. The van der Waals surface area contributed by atoms with E-state index < -0.39 is 10.0 Å². The number of aromatic nitrogens is 1. The first-order chi connectivity index (χ1) is 15.8. The predicted octanol–water partition coefficient (Wildman–Crippen LogP) is 2.67. The molecule has 172 valence electrons. The quantitative estimate of drug-likeness (QED) is 0.622. The largest absolute Gasteiger partial charge is 0.372 e. The number of hydrogen-bond acceptors (Lipinski definition) is 6. The fraction of sp³-hybridized carbons (Fsp3) is 0.333. The van der Waals surface area contributed by atoms with E-state index in [0.29, 0.717) is 11.1 Å². The predicted molar refractivity (Wildman–Crippen MR) is 127 cm³/mol. The molecule has 9 heteroatoms. The maximum absolute atomic E-state index is 13.0. The number of sulfonamides is 1. The van der Waals surface area contributed by atoms with Crippen molar-refractivity contribution in [2.75, 3.05) is 28.8 Å². The van der Waals surface area contributed by atoms with Crippen molar-refractivity contribution in [2.45, 2.75) is 37.5 Å². The smallest absolute Gasteiger partial charge is 0.265 e. The molecule has 1 fully saturated rings. The number of benzene rings is 2. The summed E-state index contributed by atoms with van der Waals surface area (Å²) in [7, 11) is -3.76. The van der Waals surface area contributed by atoms with Gasteiger partial charge in [-0.25, -0.2) is 13.4 Å². The topological polar surface area (TPSA) is 91.8 Å². The molecule has 3 aromatic rings. The summed E-state index contributed by atoms with van der Waals surface area (Å²) in [5, 5.41) is 4.32. The van der Waals surface area contributed by atoms with Crippen LogP contribution in [0.15, 0.2) is 59.6 Å². The number of pyridine rings is 1. The van der Waals surface area contributed by atoms with Crippen molar-refractivity contribution in [1.29, 1.82) is 0 Å². The number of amides is 1. The van der Waals surface area contributed by atoms with Gasteiger partial charge >= 0.3 is 0 Å². The van der Waals surface area contributed by atoms with Gasteiger partial charge in [-0.1, -0.05) is 30.3 Å². The highest BCUT2D eigenvalue weighted by atomic mass is 32.2. The summed E-state index contributed by atoms with van der Waals surface area (Å²) in [5.41, 5.74) is 1.38. The van der Waals surface area contributed by atoms with Gasteiger partial charge in [-0.15, -0.1) is 0 Å².